The molecule has 0 aromatic carbocycles. The van der Waals surface area contributed by atoms with Crippen LogP contribution in [0.25, 0.3) is 10.3 Å². The Balaban J connectivity index is 2.60. The lowest BCUT2D eigenvalue weighted by molar-refractivity contribution is 0.275. The van der Waals surface area contributed by atoms with Crippen LogP contribution in [0.15, 0.2) is 17.4 Å². The Labute approximate surface area is 115 Å². The van der Waals surface area contributed by atoms with Gasteiger partial charge in [-0.3, -0.25) is 0 Å². The fourth-order valence-corrected chi connectivity index (χ4v) is 2.32. The monoisotopic (exact) mass is 275 g/mol. The van der Waals surface area contributed by atoms with Crippen molar-refractivity contribution in [3.8, 4) is 6.07 Å². The fourth-order valence-electron chi connectivity index (χ4n) is 1.48. The van der Waals surface area contributed by atoms with Gasteiger partial charge in [-0.1, -0.05) is 0 Å². The minimum atomic E-state index is 0.448. The molecule has 0 unspecified atom stereocenters. The summed E-state index contributed by atoms with van der Waals surface area (Å²) < 4.78 is 5.45. The third kappa shape index (κ3) is 2.63. The van der Waals surface area contributed by atoms with Crippen molar-refractivity contribution < 1.29 is 4.74 Å². The van der Waals surface area contributed by atoms with Crippen molar-refractivity contribution in [2.45, 2.75) is 6.92 Å². The fraction of sp³-hybridized carbons (Fsp3) is 0.333. The van der Waals surface area contributed by atoms with Crippen LogP contribution < -0.4 is 0 Å². The first-order valence-corrected chi connectivity index (χ1v) is 6.51. The molecule has 2 rings (SSSR count). The number of amidine groups is 1. The number of fused-ring (bicyclic) bond motifs is 1. The first-order chi connectivity index (χ1) is 9.17. The molecule has 0 spiro atoms. The molecule has 2 aromatic heterocycles. The van der Waals surface area contributed by atoms with Crippen LogP contribution in [0.2, 0.25) is 0 Å². The smallest absolute Gasteiger partial charge is 0.292 e. The Morgan fingerprint density at radius 1 is 1.47 bits per heavy atom. The molecule has 7 heteroatoms. The summed E-state index contributed by atoms with van der Waals surface area (Å²) in [6, 6.07) is 2.58. The van der Waals surface area contributed by atoms with Gasteiger partial charge in [0.05, 0.1) is 6.61 Å². The van der Waals surface area contributed by atoms with Crippen molar-refractivity contribution >= 4 is 33.4 Å². The predicted molar refractivity (Wildman–Crippen MR) is 74.5 cm³/mol. The Kier molecular flexibility index (Phi) is 3.92. The number of hydrogen-bond donors (Lipinski definition) is 0. The molecule has 0 atom stereocenters. The lowest BCUT2D eigenvalue weighted by atomic mass is 10.4. The average Bonchev–Trinajstić information content (AvgIpc) is 2.76. The first-order valence-electron chi connectivity index (χ1n) is 5.69. The lowest BCUT2D eigenvalue weighted by Crippen LogP contribution is -2.24. The van der Waals surface area contributed by atoms with Gasteiger partial charge in [0.1, 0.15) is 27.0 Å². The van der Waals surface area contributed by atoms with Crippen molar-refractivity contribution in [2.75, 3.05) is 20.7 Å². The second kappa shape index (κ2) is 5.63. The summed E-state index contributed by atoms with van der Waals surface area (Å²) in [5, 5.41) is 9.18. The molecule has 98 valence electrons. The number of nitriles is 1. The van der Waals surface area contributed by atoms with Crippen LogP contribution in [-0.4, -0.2) is 41.6 Å². The van der Waals surface area contributed by atoms with Gasteiger partial charge in [-0.05, 0) is 6.92 Å². The van der Waals surface area contributed by atoms with Gasteiger partial charge in [0.2, 0.25) is 0 Å². The molecule has 0 bridgehead atoms. The maximum absolute atomic E-state index is 9.18. The molecule has 0 fully saturated rings. The number of rotatable bonds is 2. The SMILES string of the molecule is CCOC(=Nc1c(C#N)sc2nccnc12)N(C)C. The van der Waals surface area contributed by atoms with Crippen molar-refractivity contribution in [3.63, 3.8) is 0 Å². The molecule has 0 aliphatic carbocycles. The second-order valence-electron chi connectivity index (χ2n) is 3.82. The van der Waals surface area contributed by atoms with Gasteiger partial charge in [-0.2, -0.15) is 10.3 Å². The van der Waals surface area contributed by atoms with Crippen LogP contribution >= 0.6 is 11.3 Å². The molecule has 2 aromatic rings. The van der Waals surface area contributed by atoms with Crippen LogP contribution in [0.1, 0.15) is 11.8 Å². The lowest BCUT2D eigenvalue weighted by Gasteiger charge is -2.14. The van der Waals surface area contributed by atoms with Crippen LogP contribution in [-0.2, 0) is 4.74 Å². The maximum Gasteiger partial charge on any atom is 0.292 e. The predicted octanol–water partition coefficient (Wildman–Crippen LogP) is 2.15. The van der Waals surface area contributed by atoms with Crippen molar-refractivity contribution in [2.24, 2.45) is 4.99 Å². The second-order valence-corrected chi connectivity index (χ2v) is 4.82. The summed E-state index contributed by atoms with van der Waals surface area (Å²) in [5.74, 6) is 0. The van der Waals surface area contributed by atoms with Gasteiger partial charge in [0.15, 0.2) is 0 Å². The number of nitrogens with zero attached hydrogens (tertiary/aromatic N) is 5. The third-order valence-electron chi connectivity index (χ3n) is 2.27. The molecular formula is C12H13N5OS. The molecule has 0 radical (unpaired) electrons. The summed E-state index contributed by atoms with van der Waals surface area (Å²) in [4.78, 5) is 15.8. The summed E-state index contributed by atoms with van der Waals surface area (Å²) in [7, 11) is 3.67. The van der Waals surface area contributed by atoms with E-state index in [1.54, 1.807) is 17.3 Å². The molecule has 2 heterocycles. The van der Waals surface area contributed by atoms with E-state index < -0.39 is 0 Å². The van der Waals surface area contributed by atoms with Gasteiger partial charge < -0.3 is 9.64 Å². The normalized spacial score (nSPS) is 11.4. The first kappa shape index (κ1) is 13.2. The topological polar surface area (TPSA) is 74.4 Å². The zero-order chi connectivity index (χ0) is 13.8. The molecule has 0 N–H and O–H groups in total. The van der Waals surface area contributed by atoms with Crippen LogP contribution in [0, 0.1) is 11.3 Å². The molecule has 19 heavy (non-hydrogen) atoms. The zero-order valence-electron chi connectivity index (χ0n) is 10.9. The highest BCUT2D eigenvalue weighted by Gasteiger charge is 2.15. The largest absolute Gasteiger partial charge is 0.465 e. The zero-order valence-corrected chi connectivity index (χ0v) is 11.7. The van der Waals surface area contributed by atoms with E-state index in [1.165, 1.54) is 11.3 Å². The van der Waals surface area contributed by atoms with Crippen molar-refractivity contribution in [1.29, 1.82) is 5.26 Å². The highest BCUT2D eigenvalue weighted by atomic mass is 32.1. The number of aliphatic imine (C=N–C) groups is 1. The van der Waals surface area contributed by atoms with E-state index in [2.05, 4.69) is 21.0 Å². The summed E-state index contributed by atoms with van der Waals surface area (Å²) in [5.41, 5.74) is 1.15. The summed E-state index contributed by atoms with van der Waals surface area (Å²) in [6.07, 6.45) is 3.19. The van der Waals surface area contributed by atoms with E-state index in [0.29, 0.717) is 33.5 Å². The number of thiophene rings is 1. The molecule has 0 amide bonds. The Hall–Kier alpha value is -2.20. The van der Waals surface area contributed by atoms with Gasteiger partial charge in [-0.15, -0.1) is 11.3 Å². The molecule has 0 aliphatic rings. The molecule has 0 saturated heterocycles. The summed E-state index contributed by atoms with van der Waals surface area (Å²) in [6.45, 7) is 2.39. The highest BCUT2D eigenvalue weighted by molar-refractivity contribution is 7.19. The van der Waals surface area contributed by atoms with E-state index in [0.717, 1.165) is 0 Å². The van der Waals surface area contributed by atoms with Gasteiger partial charge in [-0.25, -0.2) is 9.97 Å². The maximum atomic E-state index is 9.18. The molecule has 0 aliphatic heterocycles. The minimum Gasteiger partial charge on any atom is -0.465 e. The van der Waals surface area contributed by atoms with E-state index in [1.807, 2.05) is 21.0 Å². The average molecular weight is 275 g/mol. The Morgan fingerprint density at radius 2 is 2.21 bits per heavy atom. The van der Waals surface area contributed by atoms with E-state index in [9.17, 15) is 5.26 Å². The Morgan fingerprint density at radius 3 is 2.84 bits per heavy atom. The third-order valence-corrected chi connectivity index (χ3v) is 3.25. The molecule has 6 nitrogen and oxygen atoms in total. The standard InChI is InChI=1S/C12H13N5OS/c1-4-18-12(17(2)3)16-9-8(7-13)19-11-10(9)14-5-6-15-11/h5-6H,4H2,1-3H3. The Bertz CT molecular complexity index is 656. The summed E-state index contributed by atoms with van der Waals surface area (Å²) >= 11 is 1.28. The molecule has 0 saturated carbocycles. The highest BCUT2D eigenvalue weighted by Crippen LogP contribution is 2.34. The number of aromatic nitrogens is 2. The van der Waals surface area contributed by atoms with E-state index in [4.69, 9.17) is 4.74 Å². The van der Waals surface area contributed by atoms with E-state index in [-0.39, 0.29) is 0 Å². The van der Waals surface area contributed by atoms with Gasteiger partial charge in [0, 0.05) is 26.5 Å². The van der Waals surface area contributed by atoms with Crippen LogP contribution in [0.5, 0.6) is 0 Å². The minimum absolute atomic E-state index is 0.448. The van der Waals surface area contributed by atoms with Crippen LogP contribution in [0.4, 0.5) is 5.69 Å². The van der Waals surface area contributed by atoms with Crippen molar-refractivity contribution in [1.82, 2.24) is 14.9 Å². The number of ether oxygens (including phenoxy) is 1. The van der Waals surface area contributed by atoms with Gasteiger partial charge in [0.25, 0.3) is 6.02 Å². The van der Waals surface area contributed by atoms with Crippen LogP contribution in [0.3, 0.4) is 0 Å². The van der Waals surface area contributed by atoms with Gasteiger partial charge >= 0.3 is 0 Å². The van der Waals surface area contributed by atoms with E-state index >= 15 is 0 Å². The van der Waals surface area contributed by atoms with Crippen molar-refractivity contribution in [3.05, 3.63) is 17.3 Å². The quantitative estimate of drug-likeness (QED) is 0.620. The number of hydrogen-bond acceptors (Lipinski definition) is 6. The molecular weight excluding hydrogens is 262 g/mol.